The van der Waals surface area contributed by atoms with E-state index >= 15 is 0 Å². The molecule has 0 unspecified atom stereocenters. The number of carbonyl (C=O) groups excluding carboxylic acids is 2. The fourth-order valence-corrected chi connectivity index (χ4v) is 3.10. The number of benzene rings is 3. The summed E-state index contributed by atoms with van der Waals surface area (Å²) in [6, 6.07) is 16.7. The van der Waals surface area contributed by atoms with Crippen molar-refractivity contribution in [3.8, 4) is 5.75 Å². The van der Waals surface area contributed by atoms with Crippen molar-refractivity contribution in [3.05, 3.63) is 70.2 Å². The average molecular weight is 398 g/mol. The molecule has 0 spiro atoms. The highest BCUT2D eigenvalue weighted by Crippen LogP contribution is 2.26. The first-order valence-corrected chi connectivity index (χ1v) is 8.53. The number of aryl methyl sites for hydroxylation is 1. The third kappa shape index (κ3) is 3.88. The van der Waals surface area contributed by atoms with Crippen molar-refractivity contribution < 1.29 is 14.3 Å². The molecule has 4 nitrogen and oxygen atoms in total. The van der Waals surface area contributed by atoms with Crippen LogP contribution in [-0.2, 0) is 4.79 Å². The average Bonchev–Trinajstić information content (AvgIpc) is 2.61. The van der Waals surface area contributed by atoms with E-state index in [0.29, 0.717) is 11.3 Å². The number of nitrogens with one attached hydrogen (secondary N) is 1. The smallest absolute Gasteiger partial charge is 0.262 e. The van der Waals surface area contributed by atoms with Crippen LogP contribution in [0.3, 0.4) is 0 Å². The Balaban J connectivity index is 1.74. The molecule has 0 atom stereocenters. The molecule has 3 rings (SSSR count). The molecule has 3 aromatic rings. The number of hydrogen-bond acceptors (Lipinski definition) is 3. The molecule has 0 aliphatic carbocycles. The van der Waals surface area contributed by atoms with Crippen LogP contribution in [0.4, 0.5) is 5.69 Å². The van der Waals surface area contributed by atoms with Crippen molar-refractivity contribution in [3.63, 3.8) is 0 Å². The summed E-state index contributed by atoms with van der Waals surface area (Å²) >= 11 is 3.39. The fourth-order valence-electron chi connectivity index (χ4n) is 2.62. The topological polar surface area (TPSA) is 55.4 Å². The number of anilines is 1. The van der Waals surface area contributed by atoms with E-state index in [1.807, 2.05) is 55.5 Å². The van der Waals surface area contributed by atoms with Crippen LogP contribution in [0.2, 0.25) is 0 Å². The van der Waals surface area contributed by atoms with Crippen molar-refractivity contribution >= 4 is 44.6 Å². The first-order chi connectivity index (χ1) is 12.1. The minimum absolute atomic E-state index is 0.172. The van der Waals surface area contributed by atoms with Gasteiger partial charge in [0.15, 0.2) is 12.9 Å². The van der Waals surface area contributed by atoms with Crippen molar-refractivity contribution in [2.45, 2.75) is 6.92 Å². The third-order valence-corrected chi connectivity index (χ3v) is 4.36. The molecule has 0 fully saturated rings. The van der Waals surface area contributed by atoms with E-state index in [9.17, 15) is 9.59 Å². The summed E-state index contributed by atoms with van der Waals surface area (Å²) in [5, 5.41) is 4.56. The number of ether oxygens (including phenoxy) is 1. The molecule has 126 valence electrons. The van der Waals surface area contributed by atoms with E-state index in [2.05, 4.69) is 21.2 Å². The van der Waals surface area contributed by atoms with Crippen molar-refractivity contribution in [1.29, 1.82) is 0 Å². The molecular formula is C20H16BrNO3. The Morgan fingerprint density at radius 2 is 1.96 bits per heavy atom. The molecular weight excluding hydrogens is 382 g/mol. The van der Waals surface area contributed by atoms with Crippen LogP contribution in [0.25, 0.3) is 10.8 Å². The monoisotopic (exact) mass is 397 g/mol. The van der Waals surface area contributed by atoms with Crippen LogP contribution in [0, 0.1) is 6.92 Å². The Bertz CT molecular complexity index is 953. The van der Waals surface area contributed by atoms with E-state index in [-0.39, 0.29) is 12.5 Å². The Morgan fingerprint density at radius 1 is 1.16 bits per heavy atom. The van der Waals surface area contributed by atoms with E-state index in [1.165, 1.54) is 0 Å². The van der Waals surface area contributed by atoms with Gasteiger partial charge in [-0.15, -0.1) is 0 Å². The van der Waals surface area contributed by atoms with Crippen molar-refractivity contribution in [2.75, 3.05) is 11.9 Å². The largest absolute Gasteiger partial charge is 0.483 e. The molecule has 0 heterocycles. The number of halogens is 1. The van der Waals surface area contributed by atoms with Crippen LogP contribution in [0.5, 0.6) is 5.75 Å². The van der Waals surface area contributed by atoms with E-state index in [0.717, 1.165) is 32.8 Å². The standard InChI is InChI=1S/C20H16BrNO3/c1-13-10-15(21)7-8-18(13)22-20(24)12-25-19-9-6-14-4-2-3-5-16(14)17(19)11-23/h2-11H,12H2,1H3,(H,22,24). The van der Waals surface area contributed by atoms with E-state index < -0.39 is 0 Å². The van der Waals surface area contributed by atoms with Gasteiger partial charge in [0.1, 0.15) is 5.75 Å². The SMILES string of the molecule is Cc1cc(Br)ccc1NC(=O)COc1ccc2ccccc2c1C=O. The Kier molecular flexibility index (Phi) is 5.14. The summed E-state index contributed by atoms with van der Waals surface area (Å²) in [6.07, 6.45) is 0.758. The number of aldehydes is 1. The van der Waals surface area contributed by atoms with Gasteiger partial charge in [-0.1, -0.05) is 46.3 Å². The predicted molar refractivity (Wildman–Crippen MR) is 102 cm³/mol. The second-order valence-electron chi connectivity index (χ2n) is 5.61. The lowest BCUT2D eigenvalue weighted by atomic mass is 10.0. The second-order valence-corrected chi connectivity index (χ2v) is 6.53. The third-order valence-electron chi connectivity index (χ3n) is 3.87. The van der Waals surface area contributed by atoms with Crippen LogP contribution in [0.1, 0.15) is 15.9 Å². The highest BCUT2D eigenvalue weighted by atomic mass is 79.9. The zero-order valence-corrected chi connectivity index (χ0v) is 15.2. The maximum atomic E-state index is 12.1. The lowest BCUT2D eigenvalue weighted by Gasteiger charge is -2.12. The molecule has 3 aromatic carbocycles. The summed E-state index contributed by atoms with van der Waals surface area (Å²) in [4.78, 5) is 23.6. The molecule has 1 amide bonds. The lowest BCUT2D eigenvalue weighted by Crippen LogP contribution is -2.21. The summed E-state index contributed by atoms with van der Waals surface area (Å²) in [7, 11) is 0. The van der Waals surface area contributed by atoms with Gasteiger partial charge < -0.3 is 10.1 Å². The summed E-state index contributed by atoms with van der Waals surface area (Å²) in [6.45, 7) is 1.74. The van der Waals surface area contributed by atoms with Gasteiger partial charge in [0.25, 0.3) is 5.91 Å². The van der Waals surface area contributed by atoms with Gasteiger partial charge in [-0.3, -0.25) is 9.59 Å². The van der Waals surface area contributed by atoms with Gasteiger partial charge >= 0.3 is 0 Å². The van der Waals surface area contributed by atoms with Gasteiger partial charge in [0, 0.05) is 10.2 Å². The van der Waals surface area contributed by atoms with Gasteiger partial charge in [-0.25, -0.2) is 0 Å². The highest BCUT2D eigenvalue weighted by Gasteiger charge is 2.11. The highest BCUT2D eigenvalue weighted by molar-refractivity contribution is 9.10. The molecule has 0 saturated heterocycles. The summed E-state index contributed by atoms with van der Waals surface area (Å²) < 4.78 is 6.53. The van der Waals surface area contributed by atoms with Crippen LogP contribution in [-0.4, -0.2) is 18.8 Å². The molecule has 0 aliphatic heterocycles. The second kappa shape index (κ2) is 7.49. The van der Waals surface area contributed by atoms with Crippen LogP contribution in [0.15, 0.2) is 59.1 Å². The zero-order valence-electron chi connectivity index (χ0n) is 13.6. The lowest BCUT2D eigenvalue weighted by molar-refractivity contribution is -0.118. The Hall–Kier alpha value is -2.66. The van der Waals surface area contributed by atoms with Crippen LogP contribution >= 0.6 is 15.9 Å². The maximum Gasteiger partial charge on any atom is 0.262 e. The Labute approximate surface area is 153 Å². The quantitative estimate of drug-likeness (QED) is 0.632. The Morgan fingerprint density at radius 3 is 2.72 bits per heavy atom. The molecule has 0 aliphatic rings. The number of carbonyl (C=O) groups is 2. The molecule has 0 bridgehead atoms. The molecule has 5 heteroatoms. The molecule has 0 aromatic heterocycles. The summed E-state index contributed by atoms with van der Waals surface area (Å²) in [5.41, 5.74) is 2.12. The van der Waals surface area contributed by atoms with Crippen molar-refractivity contribution in [2.24, 2.45) is 0 Å². The summed E-state index contributed by atoms with van der Waals surface area (Å²) in [5.74, 6) is 0.117. The number of rotatable bonds is 5. The molecule has 25 heavy (non-hydrogen) atoms. The minimum Gasteiger partial charge on any atom is -0.483 e. The molecule has 0 radical (unpaired) electrons. The van der Waals surface area contributed by atoms with E-state index in [4.69, 9.17) is 4.74 Å². The van der Waals surface area contributed by atoms with Gasteiger partial charge in [0.05, 0.1) is 5.56 Å². The number of amides is 1. The first-order valence-electron chi connectivity index (χ1n) is 7.74. The maximum absolute atomic E-state index is 12.1. The van der Waals surface area contributed by atoms with Crippen LogP contribution < -0.4 is 10.1 Å². The normalized spacial score (nSPS) is 10.5. The number of fused-ring (bicyclic) bond motifs is 1. The first kappa shape index (κ1) is 17.2. The van der Waals surface area contributed by atoms with Gasteiger partial charge in [-0.05, 0) is 47.5 Å². The van der Waals surface area contributed by atoms with Gasteiger partial charge in [-0.2, -0.15) is 0 Å². The minimum atomic E-state index is -0.282. The number of hydrogen-bond donors (Lipinski definition) is 1. The fraction of sp³-hybridized carbons (Fsp3) is 0.100. The predicted octanol–water partition coefficient (Wildman–Crippen LogP) is 4.74. The molecule has 1 N–H and O–H groups in total. The van der Waals surface area contributed by atoms with E-state index in [1.54, 1.807) is 6.07 Å². The van der Waals surface area contributed by atoms with Crippen molar-refractivity contribution in [1.82, 2.24) is 0 Å². The zero-order chi connectivity index (χ0) is 17.8. The molecule has 0 saturated carbocycles. The van der Waals surface area contributed by atoms with Gasteiger partial charge in [0.2, 0.25) is 0 Å².